The van der Waals surface area contributed by atoms with Crippen molar-refractivity contribution in [3.8, 4) is 11.4 Å². The van der Waals surface area contributed by atoms with Gasteiger partial charge >= 0.3 is 0 Å². The summed E-state index contributed by atoms with van der Waals surface area (Å²) in [5.74, 6) is 0.963. The molecule has 2 aliphatic heterocycles. The summed E-state index contributed by atoms with van der Waals surface area (Å²) in [6, 6.07) is 14.1. The maximum Gasteiger partial charge on any atom is 0.137 e. The summed E-state index contributed by atoms with van der Waals surface area (Å²) in [6.45, 7) is 0. The van der Waals surface area contributed by atoms with E-state index < -0.39 is 0 Å². The zero-order valence-corrected chi connectivity index (χ0v) is 13.5. The molecule has 0 aliphatic carbocycles. The number of imidazole rings is 1. The maximum atomic E-state index is 4.84. The molecule has 1 unspecified atom stereocenters. The molecule has 3 atom stereocenters. The van der Waals surface area contributed by atoms with Crippen LogP contribution in [-0.2, 0) is 0 Å². The van der Waals surface area contributed by atoms with E-state index in [1.165, 1.54) is 25.7 Å². The summed E-state index contributed by atoms with van der Waals surface area (Å²) in [5.41, 5.74) is 2.93. The maximum absolute atomic E-state index is 4.84. The van der Waals surface area contributed by atoms with Gasteiger partial charge in [0.1, 0.15) is 11.5 Å². The van der Waals surface area contributed by atoms with Gasteiger partial charge in [-0.1, -0.05) is 12.1 Å². The van der Waals surface area contributed by atoms with Crippen LogP contribution in [0.1, 0.15) is 25.7 Å². The van der Waals surface area contributed by atoms with Crippen molar-refractivity contribution in [2.75, 3.05) is 5.32 Å². The van der Waals surface area contributed by atoms with Gasteiger partial charge < -0.3 is 10.6 Å². The number of aromatic nitrogens is 3. The lowest BCUT2D eigenvalue weighted by atomic mass is 10.00. The fourth-order valence-corrected chi connectivity index (χ4v) is 4.16. The Morgan fingerprint density at radius 2 is 1.92 bits per heavy atom. The Labute approximate surface area is 141 Å². The van der Waals surface area contributed by atoms with E-state index in [0.717, 1.165) is 22.9 Å². The summed E-state index contributed by atoms with van der Waals surface area (Å²) in [6.07, 6.45) is 8.95. The molecule has 2 N–H and O–H groups in total. The van der Waals surface area contributed by atoms with Crippen LogP contribution in [0.25, 0.3) is 17.0 Å². The highest BCUT2D eigenvalue weighted by Crippen LogP contribution is 2.29. The number of anilines is 1. The zero-order chi connectivity index (χ0) is 15.9. The molecule has 3 aromatic rings. The van der Waals surface area contributed by atoms with Crippen molar-refractivity contribution in [1.29, 1.82) is 0 Å². The Morgan fingerprint density at radius 1 is 1.04 bits per heavy atom. The van der Waals surface area contributed by atoms with Crippen LogP contribution in [0.5, 0.6) is 0 Å². The van der Waals surface area contributed by atoms with Crippen LogP contribution in [-0.4, -0.2) is 32.5 Å². The molecule has 2 bridgehead atoms. The van der Waals surface area contributed by atoms with Gasteiger partial charge in [-0.3, -0.25) is 4.40 Å². The lowest BCUT2D eigenvalue weighted by Crippen LogP contribution is -2.43. The van der Waals surface area contributed by atoms with Crippen LogP contribution >= 0.6 is 0 Å². The third-order valence-corrected chi connectivity index (χ3v) is 5.25. The second-order valence-electron chi connectivity index (χ2n) is 6.93. The third kappa shape index (κ3) is 2.45. The van der Waals surface area contributed by atoms with Gasteiger partial charge in [0.05, 0.1) is 17.6 Å². The van der Waals surface area contributed by atoms with E-state index >= 15 is 0 Å². The number of nitrogens with one attached hydrogen (secondary N) is 2. The summed E-state index contributed by atoms with van der Waals surface area (Å²) in [5, 5.41) is 7.34. The molecule has 0 amide bonds. The van der Waals surface area contributed by atoms with Gasteiger partial charge in [0.2, 0.25) is 0 Å². The SMILES string of the molecule is c1cc(NC2C[C@H]3CC[C@@H](C2)N3)nc(-c2cnc3ccccn23)c1. The number of piperidine rings is 1. The van der Waals surface area contributed by atoms with E-state index in [0.29, 0.717) is 18.1 Å². The molecule has 0 saturated carbocycles. The van der Waals surface area contributed by atoms with Crippen molar-refractivity contribution in [3.63, 3.8) is 0 Å². The second kappa shape index (κ2) is 5.60. The Bertz CT molecular complexity index is 859. The van der Waals surface area contributed by atoms with Crippen molar-refractivity contribution in [1.82, 2.24) is 19.7 Å². The number of nitrogens with zero attached hydrogens (tertiary/aromatic N) is 3. The molecule has 5 heteroatoms. The van der Waals surface area contributed by atoms with Crippen LogP contribution in [0.4, 0.5) is 5.82 Å². The quantitative estimate of drug-likeness (QED) is 0.779. The number of hydrogen-bond acceptors (Lipinski definition) is 4. The molecule has 5 rings (SSSR count). The van der Waals surface area contributed by atoms with Crippen molar-refractivity contribution >= 4 is 11.5 Å². The van der Waals surface area contributed by atoms with Crippen LogP contribution in [0.15, 0.2) is 48.8 Å². The van der Waals surface area contributed by atoms with E-state index in [9.17, 15) is 0 Å². The van der Waals surface area contributed by atoms with Crippen LogP contribution in [0.2, 0.25) is 0 Å². The summed E-state index contributed by atoms with van der Waals surface area (Å²) in [4.78, 5) is 9.30. The number of hydrogen-bond donors (Lipinski definition) is 2. The number of fused-ring (bicyclic) bond motifs is 3. The van der Waals surface area contributed by atoms with Crippen LogP contribution < -0.4 is 10.6 Å². The molecule has 122 valence electrons. The molecule has 2 saturated heterocycles. The first-order valence-corrected chi connectivity index (χ1v) is 8.77. The zero-order valence-electron chi connectivity index (χ0n) is 13.5. The van der Waals surface area contributed by atoms with E-state index in [1.807, 2.05) is 36.7 Å². The van der Waals surface area contributed by atoms with E-state index in [2.05, 4.69) is 32.2 Å². The predicted octanol–water partition coefficient (Wildman–Crippen LogP) is 3.09. The first-order chi connectivity index (χ1) is 11.8. The molecule has 24 heavy (non-hydrogen) atoms. The van der Waals surface area contributed by atoms with Gasteiger partial charge in [0, 0.05) is 24.3 Å². The minimum absolute atomic E-state index is 0.522. The first kappa shape index (κ1) is 14.0. The minimum atomic E-state index is 0.522. The van der Waals surface area contributed by atoms with Crippen LogP contribution in [0, 0.1) is 0 Å². The standard InChI is InChI=1S/C19H21N5/c1-2-9-24-17(12-20-19(24)6-1)16-4-3-5-18(23-16)22-15-10-13-7-8-14(11-15)21-13/h1-6,9,12-15,21H,7-8,10-11H2,(H,22,23)/t13-,14+,15?. The fraction of sp³-hybridized carbons (Fsp3) is 0.368. The van der Waals surface area contributed by atoms with Crippen molar-refractivity contribution in [2.24, 2.45) is 0 Å². The lowest BCUT2D eigenvalue weighted by molar-refractivity contribution is 0.377. The summed E-state index contributed by atoms with van der Waals surface area (Å²) in [7, 11) is 0. The third-order valence-electron chi connectivity index (χ3n) is 5.25. The Morgan fingerprint density at radius 3 is 2.79 bits per heavy atom. The average molecular weight is 319 g/mol. The normalized spacial score (nSPS) is 25.9. The van der Waals surface area contributed by atoms with Crippen molar-refractivity contribution < 1.29 is 0 Å². The Hall–Kier alpha value is -2.40. The van der Waals surface area contributed by atoms with Gasteiger partial charge in [0.25, 0.3) is 0 Å². The molecular formula is C19H21N5. The molecule has 3 aromatic heterocycles. The molecule has 2 fully saturated rings. The Balaban J connectivity index is 1.42. The molecule has 5 heterocycles. The van der Waals surface area contributed by atoms with Crippen molar-refractivity contribution in [3.05, 3.63) is 48.8 Å². The molecule has 0 spiro atoms. The highest BCUT2D eigenvalue weighted by Gasteiger charge is 2.33. The second-order valence-corrected chi connectivity index (χ2v) is 6.93. The van der Waals surface area contributed by atoms with E-state index in [1.54, 1.807) is 0 Å². The molecular weight excluding hydrogens is 298 g/mol. The topological polar surface area (TPSA) is 54.2 Å². The van der Waals surface area contributed by atoms with E-state index in [-0.39, 0.29) is 0 Å². The van der Waals surface area contributed by atoms with Gasteiger partial charge in [0.15, 0.2) is 0 Å². The van der Waals surface area contributed by atoms with Crippen molar-refractivity contribution in [2.45, 2.75) is 43.8 Å². The summed E-state index contributed by atoms with van der Waals surface area (Å²) < 4.78 is 2.08. The number of pyridine rings is 2. The average Bonchev–Trinajstić information content (AvgIpc) is 3.18. The van der Waals surface area contributed by atoms with Gasteiger partial charge in [-0.25, -0.2) is 9.97 Å². The predicted molar refractivity (Wildman–Crippen MR) is 95.0 cm³/mol. The fourth-order valence-electron chi connectivity index (χ4n) is 4.16. The lowest BCUT2D eigenvalue weighted by Gasteiger charge is -2.30. The highest BCUT2D eigenvalue weighted by molar-refractivity contribution is 5.61. The van der Waals surface area contributed by atoms with Gasteiger partial charge in [-0.05, 0) is 49.9 Å². The first-order valence-electron chi connectivity index (χ1n) is 8.77. The van der Waals surface area contributed by atoms with Crippen LogP contribution in [0.3, 0.4) is 0 Å². The molecule has 0 radical (unpaired) electrons. The van der Waals surface area contributed by atoms with Gasteiger partial charge in [-0.2, -0.15) is 0 Å². The van der Waals surface area contributed by atoms with Gasteiger partial charge in [-0.15, -0.1) is 0 Å². The molecule has 0 aromatic carbocycles. The molecule has 2 aliphatic rings. The Kier molecular flexibility index (Phi) is 3.26. The minimum Gasteiger partial charge on any atom is -0.367 e. The van der Waals surface area contributed by atoms with E-state index in [4.69, 9.17) is 4.98 Å². The smallest absolute Gasteiger partial charge is 0.137 e. The molecule has 5 nitrogen and oxygen atoms in total. The largest absolute Gasteiger partial charge is 0.367 e. The monoisotopic (exact) mass is 319 g/mol. The number of rotatable bonds is 3. The highest BCUT2D eigenvalue weighted by atomic mass is 15.1. The summed E-state index contributed by atoms with van der Waals surface area (Å²) >= 11 is 0.